The van der Waals surface area contributed by atoms with Crippen LogP contribution in [0.4, 0.5) is 10.5 Å². The maximum absolute atomic E-state index is 11.5. The average Bonchev–Trinajstić information content (AvgIpc) is 2.55. The SMILES string of the molecule is COc1ccc(Sc2ccc(NC(=O)NCCO)cc2)cc1. The van der Waals surface area contributed by atoms with E-state index in [0.717, 1.165) is 15.5 Å². The van der Waals surface area contributed by atoms with Crippen molar-refractivity contribution in [2.75, 3.05) is 25.6 Å². The number of carbonyl (C=O) groups is 1. The second kappa shape index (κ2) is 8.31. The van der Waals surface area contributed by atoms with Crippen LogP contribution in [0, 0.1) is 0 Å². The number of aliphatic hydroxyl groups excluding tert-OH is 1. The zero-order valence-corrected chi connectivity index (χ0v) is 13.0. The summed E-state index contributed by atoms with van der Waals surface area (Å²) in [6.45, 7) is 0.155. The highest BCUT2D eigenvalue weighted by molar-refractivity contribution is 7.99. The van der Waals surface area contributed by atoms with E-state index in [2.05, 4.69) is 10.6 Å². The van der Waals surface area contributed by atoms with Crippen LogP contribution in [0.15, 0.2) is 58.3 Å². The molecule has 2 aromatic rings. The number of anilines is 1. The molecular formula is C16H18N2O3S. The first kappa shape index (κ1) is 16.2. The van der Waals surface area contributed by atoms with Crippen molar-refractivity contribution in [3.05, 3.63) is 48.5 Å². The molecule has 2 amide bonds. The Bertz CT molecular complexity index is 600. The van der Waals surface area contributed by atoms with Gasteiger partial charge in [0.15, 0.2) is 0 Å². The minimum Gasteiger partial charge on any atom is -0.497 e. The van der Waals surface area contributed by atoms with Crippen molar-refractivity contribution in [1.82, 2.24) is 5.32 Å². The molecule has 2 rings (SSSR count). The van der Waals surface area contributed by atoms with Gasteiger partial charge in [0, 0.05) is 22.0 Å². The van der Waals surface area contributed by atoms with Crippen LogP contribution in [-0.2, 0) is 0 Å². The van der Waals surface area contributed by atoms with E-state index in [9.17, 15) is 4.79 Å². The fourth-order valence-electron chi connectivity index (χ4n) is 1.73. The van der Waals surface area contributed by atoms with Gasteiger partial charge in [-0.1, -0.05) is 11.8 Å². The fourth-order valence-corrected chi connectivity index (χ4v) is 2.55. The third-order valence-electron chi connectivity index (χ3n) is 2.80. The second-order valence-electron chi connectivity index (χ2n) is 4.41. The highest BCUT2D eigenvalue weighted by atomic mass is 32.2. The molecule has 116 valence electrons. The number of urea groups is 1. The Labute approximate surface area is 133 Å². The number of benzene rings is 2. The zero-order valence-electron chi connectivity index (χ0n) is 12.2. The topological polar surface area (TPSA) is 70.6 Å². The van der Waals surface area contributed by atoms with E-state index in [0.29, 0.717) is 5.69 Å². The molecule has 0 aliphatic heterocycles. The molecule has 0 aliphatic carbocycles. The Hall–Kier alpha value is -2.18. The van der Waals surface area contributed by atoms with Crippen LogP contribution in [0.2, 0.25) is 0 Å². The van der Waals surface area contributed by atoms with Crippen molar-refractivity contribution in [2.45, 2.75) is 9.79 Å². The van der Waals surface area contributed by atoms with Gasteiger partial charge in [-0.15, -0.1) is 0 Å². The van der Waals surface area contributed by atoms with Gasteiger partial charge in [0.2, 0.25) is 0 Å². The monoisotopic (exact) mass is 318 g/mol. The third-order valence-corrected chi connectivity index (χ3v) is 3.82. The van der Waals surface area contributed by atoms with Gasteiger partial charge in [-0.25, -0.2) is 4.79 Å². The fraction of sp³-hybridized carbons (Fsp3) is 0.188. The Morgan fingerprint density at radius 3 is 2.23 bits per heavy atom. The van der Waals surface area contributed by atoms with E-state index in [1.54, 1.807) is 18.9 Å². The lowest BCUT2D eigenvalue weighted by atomic mass is 10.3. The van der Waals surface area contributed by atoms with E-state index < -0.39 is 0 Å². The molecule has 0 heterocycles. The Balaban J connectivity index is 1.92. The van der Waals surface area contributed by atoms with Crippen molar-refractivity contribution in [2.24, 2.45) is 0 Å². The maximum Gasteiger partial charge on any atom is 0.319 e. The zero-order chi connectivity index (χ0) is 15.8. The normalized spacial score (nSPS) is 10.1. The van der Waals surface area contributed by atoms with Crippen LogP contribution in [0.25, 0.3) is 0 Å². The first-order valence-electron chi connectivity index (χ1n) is 6.79. The summed E-state index contributed by atoms with van der Waals surface area (Å²) in [5.41, 5.74) is 0.703. The summed E-state index contributed by atoms with van der Waals surface area (Å²) in [4.78, 5) is 13.6. The first-order valence-corrected chi connectivity index (χ1v) is 7.60. The predicted octanol–water partition coefficient (Wildman–Crippen LogP) is 2.96. The summed E-state index contributed by atoms with van der Waals surface area (Å²) < 4.78 is 5.13. The number of carbonyl (C=O) groups excluding carboxylic acids is 1. The average molecular weight is 318 g/mol. The predicted molar refractivity (Wildman–Crippen MR) is 87.7 cm³/mol. The number of hydrogen-bond donors (Lipinski definition) is 3. The van der Waals surface area contributed by atoms with Crippen LogP contribution in [0.5, 0.6) is 5.75 Å². The van der Waals surface area contributed by atoms with Crippen molar-refractivity contribution in [3.63, 3.8) is 0 Å². The molecular weight excluding hydrogens is 300 g/mol. The molecule has 3 N–H and O–H groups in total. The summed E-state index contributed by atoms with van der Waals surface area (Å²) in [6, 6.07) is 15.1. The van der Waals surface area contributed by atoms with Gasteiger partial charge in [-0.05, 0) is 48.5 Å². The molecule has 0 spiro atoms. The van der Waals surface area contributed by atoms with Gasteiger partial charge in [0.1, 0.15) is 5.75 Å². The molecule has 2 aromatic carbocycles. The first-order chi connectivity index (χ1) is 10.7. The molecule has 0 aliphatic rings. The molecule has 0 atom stereocenters. The van der Waals surface area contributed by atoms with E-state index in [1.807, 2.05) is 48.5 Å². The van der Waals surface area contributed by atoms with E-state index >= 15 is 0 Å². The largest absolute Gasteiger partial charge is 0.497 e. The van der Waals surface area contributed by atoms with Gasteiger partial charge in [-0.3, -0.25) is 0 Å². The summed E-state index contributed by atoms with van der Waals surface area (Å²) >= 11 is 1.63. The van der Waals surface area contributed by atoms with Gasteiger partial charge < -0.3 is 20.5 Å². The van der Waals surface area contributed by atoms with Gasteiger partial charge >= 0.3 is 6.03 Å². The van der Waals surface area contributed by atoms with Gasteiger partial charge in [0.05, 0.1) is 13.7 Å². The van der Waals surface area contributed by atoms with Crippen molar-refractivity contribution in [1.29, 1.82) is 0 Å². The number of rotatable bonds is 6. The molecule has 0 fully saturated rings. The molecule has 0 radical (unpaired) electrons. The lowest BCUT2D eigenvalue weighted by Gasteiger charge is -2.07. The highest BCUT2D eigenvalue weighted by Gasteiger charge is 2.02. The number of ether oxygens (including phenoxy) is 1. The van der Waals surface area contributed by atoms with Crippen LogP contribution >= 0.6 is 11.8 Å². The summed E-state index contributed by atoms with van der Waals surface area (Å²) in [5.74, 6) is 0.831. The molecule has 0 saturated carbocycles. The summed E-state index contributed by atoms with van der Waals surface area (Å²) in [6.07, 6.45) is 0. The van der Waals surface area contributed by atoms with Crippen LogP contribution in [0.3, 0.4) is 0 Å². The van der Waals surface area contributed by atoms with Gasteiger partial charge in [0.25, 0.3) is 0 Å². The highest BCUT2D eigenvalue weighted by Crippen LogP contribution is 2.29. The van der Waals surface area contributed by atoms with Gasteiger partial charge in [-0.2, -0.15) is 0 Å². The number of methoxy groups -OCH3 is 1. The number of amides is 2. The summed E-state index contributed by atoms with van der Waals surface area (Å²) in [5, 5.41) is 13.9. The molecule has 6 heteroatoms. The Morgan fingerprint density at radius 1 is 1.09 bits per heavy atom. The Kier molecular flexibility index (Phi) is 6.12. The van der Waals surface area contributed by atoms with E-state index in [-0.39, 0.29) is 19.2 Å². The lowest BCUT2D eigenvalue weighted by molar-refractivity contribution is 0.245. The van der Waals surface area contributed by atoms with Crippen LogP contribution < -0.4 is 15.4 Å². The maximum atomic E-state index is 11.5. The lowest BCUT2D eigenvalue weighted by Crippen LogP contribution is -2.30. The molecule has 22 heavy (non-hydrogen) atoms. The number of nitrogens with one attached hydrogen (secondary N) is 2. The van der Waals surface area contributed by atoms with Crippen molar-refractivity contribution >= 4 is 23.5 Å². The standard InChI is InChI=1S/C16H18N2O3S/c1-21-13-4-8-15(9-5-13)22-14-6-2-12(3-7-14)18-16(20)17-10-11-19/h2-9,19H,10-11H2,1H3,(H2,17,18,20). The minimum absolute atomic E-state index is 0.0785. The molecule has 5 nitrogen and oxygen atoms in total. The number of hydrogen-bond acceptors (Lipinski definition) is 4. The quantitative estimate of drug-likeness (QED) is 0.766. The van der Waals surface area contributed by atoms with Crippen molar-refractivity contribution in [3.8, 4) is 5.75 Å². The molecule has 0 bridgehead atoms. The smallest absolute Gasteiger partial charge is 0.319 e. The molecule has 0 unspecified atom stereocenters. The van der Waals surface area contributed by atoms with E-state index in [1.165, 1.54) is 0 Å². The minimum atomic E-state index is -0.329. The van der Waals surface area contributed by atoms with Crippen LogP contribution in [-0.4, -0.2) is 31.4 Å². The van der Waals surface area contributed by atoms with Crippen LogP contribution in [0.1, 0.15) is 0 Å². The number of aliphatic hydroxyl groups is 1. The second-order valence-corrected chi connectivity index (χ2v) is 5.55. The Morgan fingerprint density at radius 2 is 1.68 bits per heavy atom. The third kappa shape index (κ3) is 4.98. The summed E-state index contributed by atoms with van der Waals surface area (Å²) in [7, 11) is 1.64. The van der Waals surface area contributed by atoms with E-state index in [4.69, 9.17) is 9.84 Å². The molecule has 0 aromatic heterocycles. The molecule has 0 saturated heterocycles. The van der Waals surface area contributed by atoms with Crippen molar-refractivity contribution < 1.29 is 14.6 Å².